The molecule has 23 heavy (non-hydrogen) atoms. The van der Waals surface area contributed by atoms with Crippen molar-refractivity contribution in [2.45, 2.75) is 44.4 Å². The largest absolute Gasteiger partial charge is 0.466 e. The van der Waals surface area contributed by atoms with Crippen molar-refractivity contribution in [3.63, 3.8) is 0 Å². The van der Waals surface area contributed by atoms with Crippen molar-refractivity contribution in [2.24, 2.45) is 0 Å². The first-order valence-electron chi connectivity index (χ1n) is 6.99. The van der Waals surface area contributed by atoms with E-state index in [1.807, 2.05) is 12.1 Å². The number of rotatable bonds is 3. The van der Waals surface area contributed by atoms with Crippen LogP contribution in [-0.4, -0.2) is 31.9 Å². The Morgan fingerprint density at radius 2 is 1.70 bits per heavy atom. The van der Waals surface area contributed by atoms with Crippen LogP contribution in [0.5, 0.6) is 0 Å². The number of aliphatic hydroxyl groups is 1. The smallest absolute Gasteiger partial charge is 0.398 e. The van der Waals surface area contributed by atoms with E-state index in [1.165, 1.54) is 0 Å². The highest BCUT2D eigenvalue weighted by atomic mass is 79.9. The lowest BCUT2D eigenvalue weighted by Crippen LogP contribution is -2.34. The molecule has 1 fully saturated rings. The molecule has 1 aromatic carbocycles. The number of benzene rings is 1. The molecule has 1 aliphatic carbocycles. The summed E-state index contributed by atoms with van der Waals surface area (Å²) in [5.74, 6) is 0. The zero-order chi connectivity index (χ0) is 17.6. The average Bonchev–Trinajstić information content (AvgIpc) is 2.41. The van der Waals surface area contributed by atoms with Gasteiger partial charge in [-0.1, -0.05) is 15.9 Å². The van der Waals surface area contributed by atoms with Gasteiger partial charge in [0.1, 0.15) is 0 Å². The number of hydrogen-bond acceptors (Lipinski definition) is 4. The topological polar surface area (TPSA) is 136 Å². The van der Waals surface area contributed by atoms with E-state index in [4.69, 9.17) is 25.0 Å². The van der Waals surface area contributed by atoms with Gasteiger partial charge in [-0.05, 0) is 59.3 Å². The van der Waals surface area contributed by atoms with Crippen molar-refractivity contribution in [3.05, 3.63) is 26.6 Å². The van der Waals surface area contributed by atoms with E-state index in [9.17, 15) is 5.11 Å². The standard InChI is InChI=1S/C13H18Br2N2O.H3O4P/c14-9-5-8(13(16)12(15)6-9)7-17-10-1-3-11(18)4-2-10;1-5(2,3)4/h5-6,10-11,17-18H,1-4,7,16H2;(H3,1,2,3,4). The molecule has 7 N–H and O–H groups in total. The van der Waals surface area contributed by atoms with Crippen LogP contribution in [0.25, 0.3) is 0 Å². The lowest BCUT2D eigenvalue weighted by molar-refractivity contribution is 0.116. The van der Waals surface area contributed by atoms with Gasteiger partial charge in [-0.2, -0.15) is 0 Å². The molecule has 10 heteroatoms. The second kappa shape index (κ2) is 9.48. The zero-order valence-corrected chi connectivity index (χ0v) is 16.4. The highest BCUT2D eigenvalue weighted by molar-refractivity contribution is 9.11. The van der Waals surface area contributed by atoms with Gasteiger partial charge in [0, 0.05) is 21.5 Å². The molecule has 1 aromatic rings. The Kier molecular flexibility index (Phi) is 8.68. The lowest BCUT2D eigenvalue weighted by Gasteiger charge is -2.26. The van der Waals surface area contributed by atoms with Gasteiger partial charge in [-0.15, -0.1) is 0 Å². The van der Waals surface area contributed by atoms with E-state index in [-0.39, 0.29) is 6.10 Å². The van der Waals surface area contributed by atoms with Crippen LogP contribution in [0.1, 0.15) is 31.2 Å². The first kappa shape index (κ1) is 21.1. The molecule has 0 radical (unpaired) electrons. The summed E-state index contributed by atoms with van der Waals surface area (Å²) in [6.07, 6.45) is 3.77. The summed E-state index contributed by atoms with van der Waals surface area (Å²) in [6, 6.07) is 4.49. The fraction of sp³-hybridized carbons (Fsp3) is 0.538. The van der Waals surface area contributed by atoms with E-state index in [0.29, 0.717) is 6.04 Å². The minimum Gasteiger partial charge on any atom is -0.398 e. The van der Waals surface area contributed by atoms with Crippen molar-refractivity contribution in [1.82, 2.24) is 5.32 Å². The number of nitrogen functional groups attached to an aromatic ring is 1. The molecule has 0 heterocycles. The van der Waals surface area contributed by atoms with Crippen molar-refractivity contribution in [2.75, 3.05) is 5.73 Å². The zero-order valence-electron chi connectivity index (χ0n) is 12.3. The molecule has 132 valence electrons. The highest BCUT2D eigenvalue weighted by Gasteiger charge is 2.19. The van der Waals surface area contributed by atoms with Crippen molar-refractivity contribution >= 4 is 45.4 Å². The number of halogens is 2. The molecule has 7 nitrogen and oxygen atoms in total. The van der Waals surface area contributed by atoms with E-state index in [2.05, 4.69) is 37.2 Å². The first-order chi connectivity index (χ1) is 10.6. The predicted octanol–water partition coefficient (Wildman–Crippen LogP) is 2.26. The SMILES string of the molecule is Nc1c(Br)cc(Br)cc1CNC1CCC(O)CC1.O=P(O)(O)O. The Labute approximate surface area is 151 Å². The summed E-state index contributed by atoms with van der Waals surface area (Å²) in [5, 5.41) is 13.0. The monoisotopic (exact) mass is 474 g/mol. The Balaban J connectivity index is 0.000000463. The molecule has 0 atom stereocenters. The van der Waals surface area contributed by atoms with Crippen LogP contribution in [-0.2, 0) is 11.1 Å². The average molecular weight is 476 g/mol. The van der Waals surface area contributed by atoms with E-state index < -0.39 is 7.82 Å². The maximum absolute atomic E-state index is 9.47. The third-order valence-electron chi connectivity index (χ3n) is 3.46. The summed E-state index contributed by atoms with van der Waals surface area (Å²) in [7, 11) is -4.64. The number of hydrogen-bond donors (Lipinski definition) is 6. The minimum atomic E-state index is -4.64. The molecule has 0 spiro atoms. The lowest BCUT2D eigenvalue weighted by atomic mass is 9.93. The Morgan fingerprint density at radius 3 is 2.22 bits per heavy atom. The second-order valence-corrected chi connectivity index (χ2v) is 8.16. The van der Waals surface area contributed by atoms with Gasteiger partial charge < -0.3 is 30.8 Å². The number of anilines is 1. The van der Waals surface area contributed by atoms with Gasteiger partial charge >= 0.3 is 7.82 Å². The number of phosphoric acid groups is 1. The third kappa shape index (κ3) is 9.16. The third-order valence-corrected chi connectivity index (χ3v) is 4.57. The van der Waals surface area contributed by atoms with Crippen LogP contribution >= 0.6 is 39.7 Å². The highest BCUT2D eigenvalue weighted by Crippen LogP contribution is 2.28. The fourth-order valence-corrected chi connectivity index (χ4v) is 3.63. The summed E-state index contributed by atoms with van der Waals surface area (Å²) in [6.45, 7) is 0.768. The second-order valence-electron chi connectivity index (χ2n) is 5.36. The van der Waals surface area contributed by atoms with Crippen LogP contribution in [0.3, 0.4) is 0 Å². The normalized spacial score (nSPS) is 21.5. The molecule has 1 aliphatic rings. The molecular formula is C13H21Br2N2O5P. The minimum absolute atomic E-state index is 0.104. The van der Waals surface area contributed by atoms with Gasteiger partial charge in [0.05, 0.1) is 11.8 Å². The molecule has 2 rings (SSSR count). The summed E-state index contributed by atoms with van der Waals surface area (Å²) >= 11 is 6.93. The van der Waals surface area contributed by atoms with Gasteiger partial charge in [0.15, 0.2) is 0 Å². The van der Waals surface area contributed by atoms with Gasteiger partial charge in [-0.25, -0.2) is 4.57 Å². The molecule has 1 saturated carbocycles. The number of nitrogens with two attached hydrogens (primary N) is 1. The first-order valence-corrected chi connectivity index (χ1v) is 10.1. The van der Waals surface area contributed by atoms with Gasteiger partial charge in [0.25, 0.3) is 0 Å². The molecule has 0 aliphatic heterocycles. The number of aliphatic hydroxyl groups excluding tert-OH is 1. The van der Waals surface area contributed by atoms with E-state index in [0.717, 1.165) is 52.4 Å². The predicted molar refractivity (Wildman–Crippen MR) is 95.6 cm³/mol. The fourth-order valence-electron chi connectivity index (χ4n) is 2.32. The molecule has 0 aromatic heterocycles. The van der Waals surface area contributed by atoms with Crippen LogP contribution in [0.2, 0.25) is 0 Å². The molecule has 0 amide bonds. The maximum Gasteiger partial charge on any atom is 0.466 e. The Hall–Kier alpha value is 0.01000. The maximum atomic E-state index is 9.47. The molecule has 0 bridgehead atoms. The molecular weight excluding hydrogens is 455 g/mol. The quantitative estimate of drug-likeness (QED) is 0.291. The Morgan fingerprint density at radius 1 is 1.17 bits per heavy atom. The summed E-state index contributed by atoms with van der Waals surface area (Å²) < 4.78 is 10.8. The number of nitrogens with one attached hydrogen (secondary N) is 1. The van der Waals surface area contributed by atoms with E-state index >= 15 is 0 Å². The van der Waals surface area contributed by atoms with Gasteiger partial charge in [-0.3, -0.25) is 0 Å². The van der Waals surface area contributed by atoms with Crippen LogP contribution in [0.4, 0.5) is 5.69 Å². The molecule has 0 saturated heterocycles. The Bertz CT molecular complexity index is 553. The van der Waals surface area contributed by atoms with Crippen molar-refractivity contribution < 1.29 is 24.4 Å². The van der Waals surface area contributed by atoms with Crippen molar-refractivity contribution in [1.29, 1.82) is 0 Å². The van der Waals surface area contributed by atoms with Crippen LogP contribution < -0.4 is 11.1 Å². The van der Waals surface area contributed by atoms with Crippen LogP contribution in [0.15, 0.2) is 21.1 Å². The van der Waals surface area contributed by atoms with E-state index in [1.54, 1.807) is 0 Å². The summed E-state index contributed by atoms with van der Waals surface area (Å²) in [5.41, 5.74) is 7.93. The van der Waals surface area contributed by atoms with Crippen LogP contribution in [0, 0.1) is 0 Å². The molecule has 0 unspecified atom stereocenters. The van der Waals surface area contributed by atoms with Gasteiger partial charge in [0.2, 0.25) is 0 Å². The summed E-state index contributed by atoms with van der Waals surface area (Å²) in [4.78, 5) is 21.6. The van der Waals surface area contributed by atoms with Crippen molar-refractivity contribution in [3.8, 4) is 0 Å².